The Balaban J connectivity index is 2.33. The van der Waals surface area contributed by atoms with Crippen molar-refractivity contribution in [3.8, 4) is 5.69 Å². The van der Waals surface area contributed by atoms with Crippen molar-refractivity contribution in [3.63, 3.8) is 0 Å². The number of carbonyl (C=O) groups excluding carboxylic acids is 1. The number of carbonyl (C=O) groups is 1. The Bertz CT molecular complexity index is 578. The third kappa shape index (κ3) is 2.96. The topological polar surface area (TPSA) is 46.9 Å². The van der Waals surface area contributed by atoms with E-state index in [0.29, 0.717) is 12.3 Å². The molecule has 1 amide bonds. The van der Waals surface area contributed by atoms with Crippen molar-refractivity contribution in [3.05, 3.63) is 41.7 Å². The van der Waals surface area contributed by atoms with Gasteiger partial charge in [-0.2, -0.15) is 5.10 Å². The van der Waals surface area contributed by atoms with Crippen LogP contribution in [0.3, 0.4) is 0 Å². The normalized spacial score (nSPS) is 10.5. The van der Waals surface area contributed by atoms with Gasteiger partial charge in [-0.05, 0) is 26.0 Å². The average molecular weight is 278 g/mol. The molecule has 2 aromatic rings. The Morgan fingerprint density at radius 1 is 1.32 bits per heavy atom. The molecule has 0 bridgehead atoms. The van der Waals surface area contributed by atoms with Crippen molar-refractivity contribution in [2.75, 3.05) is 11.2 Å². The average Bonchev–Trinajstić information content (AvgIpc) is 2.68. The Kier molecular flexibility index (Phi) is 4.22. The lowest BCUT2D eigenvalue weighted by molar-refractivity contribution is -0.115. The maximum Gasteiger partial charge on any atom is 0.225 e. The third-order valence-electron chi connectivity index (χ3n) is 2.88. The Labute approximate surface area is 117 Å². The third-order valence-corrected chi connectivity index (χ3v) is 3.07. The highest BCUT2D eigenvalue weighted by atomic mass is 35.5. The molecule has 0 saturated carbocycles. The van der Waals surface area contributed by atoms with E-state index in [-0.39, 0.29) is 5.91 Å². The van der Waals surface area contributed by atoms with Gasteiger partial charge in [-0.15, -0.1) is 11.6 Å². The number of benzene rings is 1. The Morgan fingerprint density at radius 2 is 2.00 bits per heavy atom. The quantitative estimate of drug-likeness (QED) is 0.873. The highest BCUT2D eigenvalue weighted by Gasteiger charge is 2.14. The predicted octanol–water partition coefficient (Wildman–Crippen LogP) is 3.06. The summed E-state index contributed by atoms with van der Waals surface area (Å²) in [5.41, 5.74) is 3.44. The van der Waals surface area contributed by atoms with Gasteiger partial charge in [-0.1, -0.05) is 18.2 Å². The molecule has 1 aromatic heterocycles. The summed E-state index contributed by atoms with van der Waals surface area (Å²) in [6.07, 6.45) is 0.303. The first-order valence-corrected chi connectivity index (χ1v) is 6.64. The van der Waals surface area contributed by atoms with Crippen LogP contribution in [0.4, 0.5) is 5.69 Å². The van der Waals surface area contributed by atoms with E-state index in [1.165, 1.54) is 0 Å². The Hall–Kier alpha value is -1.81. The van der Waals surface area contributed by atoms with Crippen LogP contribution in [0.2, 0.25) is 0 Å². The minimum absolute atomic E-state index is 0.0891. The van der Waals surface area contributed by atoms with Gasteiger partial charge in [-0.25, -0.2) is 4.68 Å². The molecule has 19 heavy (non-hydrogen) atoms. The number of aromatic nitrogens is 2. The smallest absolute Gasteiger partial charge is 0.225 e. The zero-order valence-electron chi connectivity index (χ0n) is 11.0. The highest BCUT2D eigenvalue weighted by Crippen LogP contribution is 2.22. The molecule has 0 unspecified atom stereocenters. The van der Waals surface area contributed by atoms with Gasteiger partial charge < -0.3 is 5.32 Å². The number of aryl methyl sites for hydroxylation is 1. The van der Waals surface area contributed by atoms with Gasteiger partial charge in [0.15, 0.2) is 0 Å². The first-order chi connectivity index (χ1) is 9.13. The molecule has 0 aliphatic carbocycles. The number of amides is 1. The van der Waals surface area contributed by atoms with E-state index in [1.807, 2.05) is 48.9 Å². The number of hydrogen-bond donors (Lipinski definition) is 1. The summed E-state index contributed by atoms with van der Waals surface area (Å²) in [5.74, 6) is 0.227. The lowest BCUT2D eigenvalue weighted by atomic mass is 10.3. The summed E-state index contributed by atoms with van der Waals surface area (Å²) in [5, 5.41) is 7.33. The molecule has 5 heteroatoms. The number of anilines is 1. The summed E-state index contributed by atoms with van der Waals surface area (Å²) in [4.78, 5) is 11.6. The highest BCUT2D eigenvalue weighted by molar-refractivity contribution is 6.19. The molecule has 1 aromatic carbocycles. The van der Waals surface area contributed by atoms with Crippen LogP contribution in [0, 0.1) is 13.8 Å². The number of nitrogens with zero attached hydrogens (tertiary/aromatic N) is 2. The largest absolute Gasteiger partial charge is 0.323 e. The first kappa shape index (κ1) is 13.6. The summed E-state index contributed by atoms with van der Waals surface area (Å²) in [6.45, 7) is 3.81. The number of rotatable bonds is 4. The van der Waals surface area contributed by atoms with E-state index in [1.54, 1.807) is 0 Å². The number of para-hydroxylation sites is 1. The van der Waals surface area contributed by atoms with Crippen LogP contribution in [0.1, 0.15) is 17.8 Å². The predicted molar refractivity (Wildman–Crippen MR) is 77.0 cm³/mol. The second-order valence-corrected chi connectivity index (χ2v) is 4.66. The molecule has 2 rings (SSSR count). The van der Waals surface area contributed by atoms with Gasteiger partial charge >= 0.3 is 0 Å². The molecule has 100 valence electrons. The van der Waals surface area contributed by atoms with Gasteiger partial charge in [0.05, 0.1) is 22.8 Å². The molecular formula is C14H16ClN3O. The summed E-state index contributed by atoms with van der Waals surface area (Å²) >= 11 is 5.56. The fourth-order valence-corrected chi connectivity index (χ4v) is 2.10. The van der Waals surface area contributed by atoms with Gasteiger partial charge in [0.2, 0.25) is 5.91 Å². The van der Waals surface area contributed by atoms with Gasteiger partial charge in [-0.3, -0.25) is 4.79 Å². The van der Waals surface area contributed by atoms with E-state index >= 15 is 0 Å². The van der Waals surface area contributed by atoms with Crippen molar-refractivity contribution in [2.24, 2.45) is 0 Å². The molecule has 0 radical (unpaired) electrons. The SMILES string of the molecule is Cc1nn(-c2ccccc2)c(C)c1NC(=O)CCCl. The van der Waals surface area contributed by atoms with Crippen molar-refractivity contribution < 1.29 is 4.79 Å². The van der Waals surface area contributed by atoms with Crippen LogP contribution in [0.5, 0.6) is 0 Å². The summed E-state index contributed by atoms with van der Waals surface area (Å²) in [6, 6.07) is 9.82. The number of nitrogens with one attached hydrogen (secondary N) is 1. The second-order valence-electron chi connectivity index (χ2n) is 4.28. The number of alkyl halides is 1. The van der Waals surface area contributed by atoms with Crippen LogP contribution in [0.25, 0.3) is 5.69 Å². The molecule has 0 aliphatic heterocycles. The van der Waals surface area contributed by atoms with Crippen LogP contribution in [-0.2, 0) is 4.79 Å². The van der Waals surface area contributed by atoms with Crippen LogP contribution in [0.15, 0.2) is 30.3 Å². The van der Waals surface area contributed by atoms with Gasteiger partial charge in [0, 0.05) is 12.3 Å². The van der Waals surface area contributed by atoms with E-state index < -0.39 is 0 Å². The van der Waals surface area contributed by atoms with Crippen molar-refractivity contribution >= 4 is 23.2 Å². The zero-order chi connectivity index (χ0) is 13.8. The molecule has 0 aliphatic rings. The second kappa shape index (κ2) is 5.89. The van der Waals surface area contributed by atoms with Crippen molar-refractivity contribution in [2.45, 2.75) is 20.3 Å². The van der Waals surface area contributed by atoms with E-state index in [9.17, 15) is 4.79 Å². The van der Waals surface area contributed by atoms with E-state index in [0.717, 1.165) is 22.8 Å². The molecule has 1 heterocycles. The molecule has 0 atom stereocenters. The summed E-state index contributed by atoms with van der Waals surface area (Å²) < 4.78 is 1.83. The molecule has 0 spiro atoms. The first-order valence-electron chi connectivity index (χ1n) is 6.11. The molecule has 4 nitrogen and oxygen atoms in total. The molecule has 0 saturated heterocycles. The monoisotopic (exact) mass is 277 g/mol. The van der Waals surface area contributed by atoms with Crippen LogP contribution >= 0.6 is 11.6 Å². The maximum absolute atomic E-state index is 11.6. The molecule has 0 fully saturated rings. The minimum atomic E-state index is -0.0891. The van der Waals surface area contributed by atoms with E-state index in [2.05, 4.69) is 10.4 Å². The fraction of sp³-hybridized carbons (Fsp3) is 0.286. The molecular weight excluding hydrogens is 262 g/mol. The van der Waals surface area contributed by atoms with Crippen molar-refractivity contribution in [1.29, 1.82) is 0 Å². The molecule has 1 N–H and O–H groups in total. The lowest BCUT2D eigenvalue weighted by Crippen LogP contribution is -2.13. The fourth-order valence-electron chi connectivity index (χ4n) is 1.93. The maximum atomic E-state index is 11.6. The van der Waals surface area contributed by atoms with Crippen LogP contribution < -0.4 is 5.32 Å². The Morgan fingerprint density at radius 3 is 2.63 bits per heavy atom. The summed E-state index contributed by atoms with van der Waals surface area (Å²) in [7, 11) is 0. The van der Waals surface area contributed by atoms with Gasteiger partial charge in [0.25, 0.3) is 0 Å². The standard InChI is InChI=1S/C14H16ClN3O/c1-10-14(16-13(19)8-9-15)11(2)18(17-10)12-6-4-3-5-7-12/h3-7H,8-9H2,1-2H3,(H,16,19). The van der Waals surface area contributed by atoms with E-state index in [4.69, 9.17) is 11.6 Å². The number of hydrogen-bond acceptors (Lipinski definition) is 2. The zero-order valence-corrected chi connectivity index (χ0v) is 11.7. The van der Waals surface area contributed by atoms with Crippen molar-refractivity contribution in [1.82, 2.24) is 9.78 Å². The number of halogens is 1. The van der Waals surface area contributed by atoms with Crippen LogP contribution in [-0.4, -0.2) is 21.6 Å². The van der Waals surface area contributed by atoms with Gasteiger partial charge in [0.1, 0.15) is 0 Å². The lowest BCUT2D eigenvalue weighted by Gasteiger charge is -2.06. The minimum Gasteiger partial charge on any atom is -0.323 e.